The molecule has 0 spiro atoms. The standard InChI is InChI=1S/C14H11ClN2O2/c1-9(18)16-11-7-8-12(15)17-13(11)14(19)10-5-3-2-4-6-10/h2-8H,1H3,(H,16,18). The molecule has 2 aromatic rings. The van der Waals surface area contributed by atoms with Crippen LogP contribution in [0.25, 0.3) is 0 Å². The predicted molar refractivity (Wildman–Crippen MR) is 73.4 cm³/mol. The molecule has 0 aliphatic rings. The number of halogens is 1. The van der Waals surface area contributed by atoms with Crippen LogP contribution in [0.15, 0.2) is 42.5 Å². The van der Waals surface area contributed by atoms with Crippen molar-refractivity contribution in [1.29, 1.82) is 0 Å². The van der Waals surface area contributed by atoms with Gasteiger partial charge in [-0.1, -0.05) is 41.9 Å². The third-order valence-corrected chi connectivity index (χ3v) is 2.63. The molecule has 0 radical (unpaired) electrons. The molecular weight excluding hydrogens is 264 g/mol. The summed E-state index contributed by atoms with van der Waals surface area (Å²) in [7, 11) is 0. The fourth-order valence-corrected chi connectivity index (χ4v) is 1.77. The zero-order valence-corrected chi connectivity index (χ0v) is 10.9. The Bertz CT molecular complexity index is 627. The molecule has 96 valence electrons. The topological polar surface area (TPSA) is 59.1 Å². The number of pyridine rings is 1. The van der Waals surface area contributed by atoms with Gasteiger partial charge in [0.25, 0.3) is 0 Å². The molecule has 4 nitrogen and oxygen atoms in total. The van der Waals surface area contributed by atoms with Gasteiger partial charge in [0, 0.05) is 12.5 Å². The van der Waals surface area contributed by atoms with E-state index in [9.17, 15) is 9.59 Å². The lowest BCUT2D eigenvalue weighted by atomic mass is 10.1. The molecule has 5 heteroatoms. The van der Waals surface area contributed by atoms with Gasteiger partial charge in [-0.15, -0.1) is 0 Å². The number of amides is 1. The van der Waals surface area contributed by atoms with Crippen LogP contribution < -0.4 is 5.32 Å². The average molecular weight is 275 g/mol. The molecule has 2 rings (SSSR count). The fraction of sp³-hybridized carbons (Fsp3) is 0.0714. The minimum absolute atomic E-state index is 0.133. The minimum Gasteiger partial charge on any atom is -0.324 e. The van der Waals surface area contributed by atoms with Crippen LogP contribution in [0.1, 0.15) is 23.0 Å². The summed E-state index contributed by atoms with van der Waals surface area (Å²) in [6, 6.07) is 11.8. The van der Waals surface area contributed by atoms with E-state index in [0.29, 0.717) is 11.3 Å². The second kappa shape index (κ2) is 5.63. The first-order valence-corrected chi connectivity index (χ1v) is 5.99. The van der Waals surface area contributed by atoms with Gasteiger partial charge in [0.2, 0.25) is 11.7 Å². The highest BCUT2D eigenvalue weighted by Gasteiger charge is 2.16. The van der Waals surface area contributed by atoms with Crippen molar-refractivity contribution in [3.05, 3.63) is 58.9 Å². The number of hydrogen-bond donors (Lipinski definition) is 1. The molecule has 0 aliphatic carbocycles. The summed E-state index contributed by atoms with van der Waals surface area (Å²) in [5.41, 5.74) is 0.975. The van der Waals surface area contributed by atoms with Crippen LogP contribution in [-0.2, 0) is 4.79 Å². The number of ketones is 1. The highest BCUT2D eigenvalue weighted by Crippen LogP contribution is 2.20. The van der Waals surface area contributed by atoms with E-state index in [1.165, 1.54) is 13.0 Å². The predicted octanol–water partition coefficient (Wildman–Crippen LogP) is 2.92. The average Bonchev–Trinajstić information content (AvgIpc) is 2.40. The molecule has 0 saturated heterocycles. The van der Waals surface area contributed by atoms with Gasteiger partial charge in [0.15, 0.2) is 0 Å². The number of hydrogen-bond acceptors (Lipinski definition) is 3. The summed E-state index contributed by atoms with van der Waals surface area (Å²) in [5, 5.41) is 2.77. The summed E-state index contributed by atoms with van der Waals surface area (Å²) in [6.07, 6.45) is 0. The highest BCUT2D eigenvalue weighted by atomic mass is 35.5. The van der Waals surface area contributed by atoms with Crippen molar-refractivity contribution in [2.45, 2.75) is 6.92 Å². The molecule has 1 aromatic heterocycles. The Balaban J connectivity index is 2.45. The zero-order chi connectivity index (χ0) is 13.8. The summed E-state index contributed by atoms with van der Waals surface area (Å²) in [4.78, 5) is 27.5. The van der Waals surface area contributed by atoms with Crippen LogP contribution >= 0.6 is 11.6 Å². The molecule has 0 atom stereocenters. The van der Waals surface area contributed by atoms with Crippen LogP contribution in [0.3, 0.4) is 0 Å². The maximum atomic E-state index is 12.3. The maximum absolute atomic E-state index is 12.3. The molecule has 1 aromatic carbocycles. The lowest BCUT2D eigenvalue weighted by Gasteiger charge is -2.08. The van der Waals surface area contributed by atoms with Gasteiger partial charge < -0.3 is 5.32 Å². The normalized spacial score (nSPS) is 10.0. The molecule has 0 fully saturated rings. The third-order valence-electron chi connectivity index (χ3n) is 2.42. The van der Waals surface area contributed by atoms with E-state index in [2.05, 4.69) is 10.3 Å². The van der Waals surface area contributed by atoms with Gasteiger partial charge in [-0.2, -0.15) is 0 Å². The van der Waals surface area contributed by atoms with E-state index in [1.54, 1.807) is 30.3 Å². The number of aromatic nitrogens is 1. The van der Waals surface area contributed by atoms with Crippen LogP contribution in [0.5, 0.6) is 0 Å². The van der Waals surface area contributed by atoms with Crippen LogP contribution in [0.2, 0.25) is 5.15 Å². The van der Waals surface area contributed by atoms with Crippen molar-refractivity contribution in [3.8, 4) is 0 Å². The number of carbonyl (C=O) groups is 2. The van der Waals surface area contributed by atoms with Crippen LogP contribution in [0, 0.1) is 0 Å². The summed E-state index contributed by atoms with van der Waals surface area (Å²) in [5.74, 6) is -0.557. The van der Waals surface area contributed by atoms with Gasteiger partial charge >= 0.3 is 0 Å². The van der Waals surface area contributed by atoms with E-state index in [1.807, 2.05) is 6.07 Å². The molecular formula is C14H11ClN2O2. The molecule has 1 N–H and O–H groups in total. The lowest BCUT2D eigenvalue weighted by Crippen LogP contribution is -2.13. The van der Waals surface area contributed by atoms with E-state index in [0.717, 1.165) is 0 Å². The first-order chi connectivity index (χ1) is 9.08. The highest BCUT2D eigenvalue weighted by molar-refractivity contribution is 6.30. The van der Waals surface area contributed by atoms with Gasteiger partial charge in [-0.3, -0.25) is 9.59 Å². The first kappa shape index (κ1) is 13.2. The van der Waals surface area contributed by atoms with E-state index in [-0.39, 0.29) is 22.5 Å². The largest absolute Gasteiger partial charge is 0.324 e. The van der Waals surface area contributed by atoms with E-state index < -0.39 is 0 Å². The molecule has 1 amide bonds. The smallest absolute Gasteiger partial charge is 0.221 e. The molecule has 0 bridgehead atoms. The Hall–Kier alpha value is -2.20. The van der Waals surface area contributed by atoms with Crippen LogP contribution in [-0.4, -0.2) is 16.7 Å². The van der Waals surface area contributed by atoms with Gasteiger partial charge in [0.05, 0.1) is 5.69 Å². The quantitative estimate of drug-likeness (QED) is 0.691. The Morgan fingerprint density at radius 3 is 2.42 bits per heavy atom. The molecule has 0 saturated carbocycles. The van der Waals surface area contributed by atoms with Crippen molar-refractivity contribution in [1.82, 2.24) is 4.98 Å². The third kappa shape index (κ3) is 3.17. The number of nitrogens with zero attached hydrogens (tertiary/aromatic N) is 1. The lowest BCUT2D eigenvalue weighted by molar-refractivity contribution is -0.114. The Morgan fingerprint density at radius 1 is 1.11 bits per heavy atom. The van der Waals surface area contributed by atoms with E-state index >= 15 is 0 Å². The van der Waals surface area contributed by atoms with Crippen molar-refractivity contribution in [2.24, 2.45) is 0 Å². The number of anilines is 1. The second-order valence-electron chi connectivity index (χ2n) is 3.91. The molecule has 1 heterocycles. The van der Waals surface area contributed by atoms with Crippen molar-refractivity contribution in [2.75, 3.05) is 5.32 Å². The number of rotatable bonds is 3. The summed E-state index contributed by atoms with van der Waals surface area (Å²) in [6.45, 7) is 1.37. The fourth-order valence-electron chi connectivity index (χ4n) is 1.63. The van der Waals surface area contributed by atoms with E-state index in [4.69, 9.17) is 11.6 Å². The minimum atomic E-state index is -0.285. The molecule has 0 unspecified atom stereocenters. The maximum Gasteiger partial charge on any atom is 0.221 e. The summed E-state index contributed by atoms with van der Waals surface area (Å²) >= 11 is 5.81. The number of carbonyl (C=O) groups excluding carboxylic acids is 2. The first-order valence-electron chi connectivity index (χ1n) is 5.62. The van der Waals surface area contributed by atoms with Crippen molar-refractivity contribution in [3.63, 3.8) is 0 Å². The Labute approximate surface area is 115 Å². The van der Waals surface area contributed by atoms with Crippen molar-refractivity contribution < 1.29 is 9.59 Å². The van der Waals surface area contributed by atoms with Gasteiger partial charge in [0.1, 0.15) is 10.8 Å². The number of nitrogens with one attached hydrogen (secondary N) is 1. The van der Waals surface area contributed by atoms with Gasteiger partial charge in [-0.05, 0) is 12.1 Å². The zero-order valence-electron chi connectivity index (χ0n) is 10.2. The Morgan fingerprint density at radius 2 is 1.79 bits per heavy atom. The van der Waals surface area contributed by atoms with Crippen molar-refractivity contribution >= 4 is 29.0 Å². The Kier molecular flexibility index (Phi) is 3.92. The molecule has 0 aliphatic heterocycles. The SMILES string of the molecule is CC(=O)Nc1ccc(Cl)nc1C(=O)c1ccccc1. The second-order valence-corrected chi connectivity index (χ2v) is 4.29. The summed E-state index contributed by atoms with van der Waals surface area (Å²) < 4.78 is 0. The monoisotopic (exact) mass is 274 g/mol. The van der Waals surface area contributed by atoms with Gasteiger partial charge in [-0.25, -0.2) is 4.98 Å². The molecule has 19 heavy (non-hydrogen) atoms. The number of benzene rings is 1. The van der Waals surface area contributed by atoms with Crippen LogP contribution in [0.4, 0.5) is 5.69 Å².